The van der Waals surface area contributed by atoms with Crippen molar-refractivity contribution < 1.29 is 17.9 Å². The first-order chi connectivity index (χ1) is 11.8. The number of benzene rings is 2. The summed E-state index contributed by atoms with van der Waals surface area (Å²) in [5.74, 6) is -0.424. The van der Waals surface area contributed by atoms with Crippen molar-refractivity contribution in [3.05, 3.63) is 58.1 Å². The quantitative estimate of drug-likeness (QED) is 0.696. The van der Waals surface area contributed by atoms with Gasteiger partial charge in [0.15, 0.2) is 0 Å². The van der Waals surface area contributed by atoms with Crippen LogP contribution in [0.25, 0.3) is 0 Å². The number of halogens is 2. The summed E-state index contributed by atoms with van der Waals surface area (Å²) in [6, 6.07) is 10.4. The molecule has 0 bridgehead atoms. The predicted molar refractivity (Wildman–Crippen MR) is 97.9 cm³/mol. The summed E-state index contributed by atoms with van der Waals surface area (Å²) < 4.78 is 32.5. The van der Waals surface area contributed by atoms with Crippen LogP contribution in [0.3, 0.4) is 0 Å². The lowest BCUT2D eigenvalue weighted by atomic mass is 10.2. The van der Waals surface area contributed by atoms with Crippen molar-refractivity contribution in [3.63, 3.8) is 0 Å². The van der Waals surface area contributed by atoms with Crippen molar-refractivity contribution in [2.75, 3.05) is 25.0 Å². The number of sulfonamides is 1. The zero-order chi connectivity index (χ0) is 18.4. The molecule has 1 amide bonds. The fraction of sp³-hybridized carbons (Fsp3) is 0.188. The summed E-state index contributed by atoms with van der Waals surface area (Å²) in [5, 5.41) is 2.90. The van der Waals surface area contributed by atoms with E-state index in [9.17, 15) is 13.2 Å². The van der Waals surface area contributed by atoms with E-state index in [1.54, 1.807) is 12.1 Å². The Hall–Kier alpha value is -1.80. The van der Waals surface area contributed by atoms with Gasteiger partial charge in [0, 0.05) is 18.7 Å². The van der Waals surface area contributed by atoms with Crippen molar-refractivity contribution in [1.29, 1.82) is 0 Å². The Balaban J connectivity index is 2.31. The first kappa shape index (κ1) is 19.5. The standard InChI is InChI=1S/C16H16Cl2N2O4S/c1-24-9-8-19-16(21)12-4-2-3-5-14(12)20-25(22,23)15-10-11(17)6-7-13(15)18/h2-7,10,20H,8-9H2,1H3,(H,19,21). The molecule has 25 heavy (non-hydrogen) atoms. The molecular formula is C16H16Cl2N2O4S. The zero-order valence-electron chi connectivity index (χ0n) is 13.3. The van der Waals surface area contributed by atoms with Gasteiger partial charge in [-0.15, -0.1) is 0 Å². The number of nitrogens with one attached hydrogen (secondary N) is 2. The Morgan fingerprint density at radius 1 is 1.16 bits per heavy atom. The molecule has 0 saturated heterocycles. The summed E-state index contributed by atoms with van der Waals surface area (Å²) in [7, 11) is -2.50. The number of hydrogen-bond donors (Lipinski definition) is 2. The second-order valence-electron chi connectivity index (χ2n) is 4.97. The number of para-hydroxylation sites is 1. The molecule has 0 atom stereocenters. The molecule has 2 aromatic rings. The van der Waals surface area contributed by atoms with Crippen molar-refractivity contribution in [1.82, 2.24) is 5.32 Å². The van der Waals surface area contributed by atoms with Gasteiger partial charge >= 0.3 is 0 Å². The Morgan fingerprint density at radius 3 is 2.60 bits per heavy atom. The molecule has 0 spiro atoms. The molecule has 0 radical (unpaired) electrons. The van der Waals surface area contributed by atoms with Gasteiger partial charge in [-0.3, -0.25) is 9.52 Å². The SMILES string of the molecule is COCCNC(=O)c1ccccc1NS(=O)(=O)c1cc(Cl)ccc1Cl. The van der Waals surface area contributed by atoms with E-state index in [-0.39, 0.29) is 26.2 Å². The minimum absolute atomic E-state index is 0.0268. The van der Waals surface area contributed by atoms with Gasteiger partial charge in [0.1, 0.15) is 4.90 Å². The first-order valence-electron chi connectivity index (χ1n) is 7.19. The molecule has 0 heterocycles. The van der Waals surface area contributed by atoms with E-state index in [0.717, 1.165) is 0 Å². The molecule has 0 aromatic heterocycles. The number of methoxy groups -OCH3 is 1. The molecule has 0 fully saturated rings. The molecule has 0 unspecified atom stereocenters. The zero-order valence-corrected chi connectivity index (χ0v) is 15.6. The third-order valence-corrected chi connectivity index (χ3v) is 5.27. The Morgan fingerprint density at radius 2 is 1.88 bits per heavy atom. The summed E-state index contributed by atoms with van der Waals surface area (Å²) in [5.41, 5.74) is 0.314. The Bertz CT molecular complexity index is 872. The van der Waals surface area contributed by atoms with E-state index in [1.807, 2.05) is 0 Å². The molecule has 2 rings (SSSR count). The molecule has 0 aliphatic rings. The van der Waals surface area contributed by atoms with Crippen LogP contribution in [-0.4, -0.2) is 34.6 Å². The molecule has 0 saturated carbocycles. The highest BCUT2D eigenvalue weighted by molar-refractivity contribution is 7.92. The van der Waals surface area contributed by atoms with Gasteiger partial charge in [0.05, 0.1) is 22.9 Å². The molecule has 134 valence electrons. The summed E-state index contributed by atoms with van der Waals surface area (Å²) >= 11 is 11.8. The van der Waals surface area contributed by atoms with Crippen LogP contribution in [0.15, 0.2) is 47.4 Å². The number of anilines is 1. The van der Waals surface area contributed by atoms with Crippen LogP contribution >= 0.6 is 23.2 Å². The Labute approximate surface area is 156 Å². The molecule has 2 N–H and O–H groups in total. The maximum absolute atomic E-state index is 12.6. The van der Waals surface area contributed by atoms with Gasteiger partial charge in [-0.1, -0.05) is 35.3 Å². The van der Waals surface area contributed by atoms with Crippen LogP contribution in [0.2, 0.25) is 10.0 Å². The average molecular weight is 403 g/mol. The predicted octanol–water partition coefficient (Wildman–Crippen LogP) is 3.17. The first-order valence-corrected chi connectivity index (χ1v) is 9.43. The molecule has 9 heteroatoms. The lowest BCUT2D eigenvalue weighted by Gasteiger charge is -2.13. The third-order valence-electron chi connectivity index (χ3n) is 3.19. The maximum atomic E-state index is 12.6. The van der Waals surface area contributed by atoms with Crippen molar-refractivity contribution in [3.8, 4) is 0 Å². The minimum atomic E-state index is -4.02. The number of carbonyl (C=O) groups excluding carboxylic acids is 1. The molecule has 6 nitrogen and oxygen atoms in total. The van der Waals surface area contributed by atoms with Gasteiger partial charge in [0.2, 0.25) is 0 Å². The topological polar surface area (TPSA) is 84.5 Å². The largest absolute Gasteiger partial charge is 0.383 e. The van der Waals surface area contributed by atoms with E-state index in [0.29, 0.717) is 13.2 Å². The van der Waals surface area contributed by atoms with Crippen molar-refractivity contribution >= 4 is 44.8 Å². The fourth-order valence-electron chi connectivity index (χ4n) is 2.01. The van der Waals surface area contributed by atoms with E-state index in [4.69, 9.17) is 27.9 Å². The Kier molecular flexibility index (Phi) is 6.66. The van der Waals surface area contributed by atoms with Crippen molar-refractivity contribution in [2.24, 2.45) is 0 Å². The van der Waals surface area contributed by atoms with Crippen molar-refractivity contribution in [2.45, 2.75) is 4.90 Å². The van der Waals surface area contributed by atoms with Crippen LogP contribution in [0.4, 0.5) is 5.69 Å². The molecule has 0 aliphatic carbocycles. The highest BCUT2D eigenvalue weighted by Crippen LogP contribution is 2.27. The number of hydrogen-bond acceptors (Lipinski definition) is 4. The van der Waals surface area contributed by atoms with E-state index < -0.39 is 15.9 Å². The number of amides is 1. The summed E-state index contributed by atoms with van der Waals surface area (Å²) in [6.07, 6.45) is 0. The molecule has 0 aliphatic heterocycles. The highest BCUT2D eigenvalue weighted by Gasteiger charge is 2.21. The monoisotopic (exact) mass is 402 g/mol. The fourth-order valence-corrected chi connectivity index (χ4v) is 3.86. The van der Waals surface area contributed by atoms with Gasteiger partial charge in [-0.2, -0.15) is 0 Å². The normalized spacial score (nSPS) is 11.2. The van der Waals surface area contributed by atoms with Crippen LogP contribution < -0.4 is 10.0 Å². The van der Waals surface area contributed by atoms with Gasteiger partial charge in [-0.05, 0) is 30.3 Å². The van der Waals surface area contributed by atoms with E-state index in [1.165, 1.54) is 37.4 Å². The van der Waals surface area contributed by atoms with Crippen LogP contribution in [0, 0.1) is 0 Å². The number of rotatable bonds is 7. The lowest BCUT2D eigenvalue weighted by Crippen LogP contribution is -2.28. The smallest absolute Gasteiger partial charge is 0.263 e. The summed E-state index contributed by atoms with van der Waals surface area (Å²) in [6.45, 7) is 0.647. The molecule has 2 aromatic carbocycles. The van der Waals surface area contributed by atoms with Gasteiger partial charge in [-0.25, -0.2) is 8.42 Å². The maximum Gasteiger partial charge on any atom is 0.263 e. The number of carbonyl (C=O) groups is 1. The van der Waals surface area contributed by atoms with Crippen LogP contribution in [0.1, 0.15) is 10.4 Å². The van der Waals surface area contributed by atoms with Crippen LogP contribution in [-0.2, 0) is 14.8 Å². The summed E-state index contributed by atoms with van der Waals surface area (Å²) in [4.78, 5) is 12.1. The third kappa shape index (κ3) is 5.09. The lowest BCUT2D eigenvalue weighted by molar-refractivity contribution is 0.0938. The van der Waals surface area contributed by atoms with Crippen LogP contribution in [0.5, 0.6) is 0 Å². The number of ether oxygens (including phenoxy) is 1. The van der Waals surface area contributed by atoms with E-state index >= 15 is 0 Å². The van der Waals surface area contributed by atoms with Gasteiger partial charge in [0.25, 0.3) is 15.9 Å². The highest BCUT2D eigenvalue weighted by atomic mass is 35.5. The second-order valence-corrected chi connectivity index (χ2v) is 7.47. The van der Waals surface area contributed by atoms with Gasteiger partial charge < -0.3 is 10.1 Å². The average Bonchev–Trinajstić information content (AvgIpc) is 2.57. The molecular weight excluding hydrogens is 387 g/mol. The van der Waals surface area contributed by atoms with E-state index in [2.05, 4.69) is 10.0 Å². The second kappa shape index (κ2) is 8.53. The minimum Gasteiger partial charge on any atom is -0.383 e.